The van der Waals surface area contributed by atoms with Gasteiger partial charge >= 0.3 is 65.1 Å². The fourth-order valence-corrected chi connectivity index (χ4v) is 2.07. The molecule has 0 heterocycles. The number of hydrogen-bond acceptors (Lipinski definition) is 7. The van der Waals surface area contributed by atoms with E-state index in [2.05, 4.69) is 10.2 Å². The van der Waals surface area contributed by atoms with Crippen LogP contribution in [0.3, 0.4) is 0 Å². The van der Waals surface area contributed by atoms with E-state index >= 15 is 0 Å². The zero-order chi connectivity index (χ0) is 16.3. The third kappa shape index (κ3) is 6.26. The van der Waals surface area contributed by atoms with Gasteiger partial charge in [-0.2, -0.15) is 10.2 Å². The Hall–Kier alpha value is -0.780. The zero-order valence-electron chi connectivity index (χ0n) is 12.8. The van der Waals surface area contributed by atoms with Crippen LogP contribution >= 0.6 is 0 Å². The Morgan fingerprint density at radius 2 is 1.58 bits per heavy atom. The van der Waals surface area contributed by atoms with Crippen LogP contribution in [0.1, 0.15) is 10.4 Å². The summed E-state index contributed by atoms with van der Waals surface area (Å²) in [5.41, 5.74) is -0.250. The summed E-state index contributed by atoms with van der Waals surface area (Å²) in [7, 11) is -4.60. The number of aromatic carboxylic acids is 1. The first-order valence-corrected chi connectivity index (χ1v) is 7.20. The normalized spacial score (nSPS) is 10.7. The summed E-state index contributed by atoms with van der Waals surface area (Å²) in [6.45, 7) is 0. The van der Waals surface area contributed by atoms with Crippen molar-refractivity contribution in [1.29, 1.82) is 0 Å². The van der Waals surface area contributed by atoms with Crippen LogP contribution in [0.2, 0.25) is 0 Å². The number of nitrogens with zero attached hydrogens (tertiary/aromatic N) is 2. The predicted molar refractivity (Wildman–Crippen MR) is 71.4 cm³/mol. The minimum absolute atomic E-state index is 0. The summed E-state index contributed by atoms with van der Waals surface area (Å²) in [6, 6.07) is 8.24. The van der Waals surface area contributed by atoms with E-state index in [4.69, 9.17) is 5.11 Å². The third-order valence-electron chi connectivity index (χ3n) is 2.58. The van der Waals surface area contributed by atoms with Crippen LogP contribution < -0.4 is 64.2 Å². The molecule has 2 aromatic rings. The van der Waals surface area contributed by atoms with E-state index in [0.717, 1.165) is 24.3 Å². The van der Waals surface area contributed by atoms with Gasteiger partial charge in [-0.1, -0.05) is 17.9 Å². The molecule has 1 N–H and O–H groups in total. The van der Waals surface area contributed by atoms with Gasteiger partial charge in [-0.3, -0.25) is 0 Å². The van der Waals surface area contributed by atoms with E-state index in [9.17, 15) is 22.9 Å². The van der Waals surface area contributed by atoms with Crippen LogP contribution in [0.15, 0.2) is 57.6 Å². The SMILES string of the molecule is O=C(O)c1cc(N=Nc2cccc(S(=O)(=O)[O-])c2)ccc1[O-].[Na+].[Na+]. The topological polar surface area (TPSA) is 142 Å². The first kappa shape index (κ1) is 23.2. The molecule has 0 fully saturated rings. The molecule has 2 aromatic carbocycles. The zero-order valence-corrected chi connectivity index (χ0v) is 17.6. The summed E-state index contributed by atoms with van der Waals surface area (Å²) in [6.07, 6.45) is 0. The number of carboxylic acids is 1. The summed E-state index contributed by atoms with van der Waals surface area (Å²) in [5, 5.41) is 27.5. The molecule has 0 amide bonds. The Morgan fingerprint density at radius 3 is 2.12 bits per heavy atom. The molecule has 114 valence electrons. The Morgan fingerprint density at radius 1 is 1.00 bits per heavy atom. The van der Waals surface area contributed by atoms with Gasteiger partial charge in [-0.25, -0.2) is 13.2 Å². The van der Waals surface area contributed by atoms with Gasteiger partial charge in [0, 0.05) is 0 Å². The fourth-order valence-electron chi connectivity index (χ4n) is 1.56. The molecule has 2 rings (SSSR count). The maximum absolute atomic E-state index is 11.3. The first-order chi connectivity index (χ1) is 10.3. The van der Waals surface area contributed by atoms with Crippen molar-refractivity contribution in [3.63, 3.8) is 0 Å². The average molecular weight is 366 g/mol. The number of carbonyl (C=O) groups is 1. The fraction of sp³-hybridized carbons (Fsp3) is 0. The van der Waals surface area contributed by atoms with Gasteiger partial charge in [0.15, 0.2) is 0 Å². The Balaban J connectivity index is 0.00000264. The minimum atomic E-state index is -4.60. The van der Waals surface area contributed by atoms with Crippen molar-refractivity contribution in [2.75, 3.05) is 0 Å². The molecule has 0 saturated carbocycles. The Labute approximate surface area is 182 Å². The predicted octanol–water partition coefficient (Wildman–Crippen LogP) is -4.21. The molecule has 0 bridgehead atoms. The van der Waals surface area contributed by atoms with E-state index in [0.29, 0.717) is 0 Å². The molecule has 0 aromatic heterocycles. The number of hydrogen-bond donors (Lipinski definition) is 1. The van der Waals surface area contributed by atoms with Gasteiger partial charge in [0.2, 0.25) is 0 Å². The summed E-state index contributed by atoms with van der Waals surface area (Å²) in [5.74, 6) is -2.05. The number of rotatable bonds is 4. The van der Waals surface area contributed by atoms with E-state index in [1.165, 1.54) is 18.2 Å². The first-order valence-electron chi connectivity index (χ1n) is 5.79. The van der Waals surface area contributed by atoms with Crippen LogP contribution in [0, 0.1) is 0 Å². The summed E-state index contributed by atoms with van der Waals surface area (Å²) >= 11 is 0. The van der Waals surface area contributed by atoms with Crippen molar-refractivity contribution in [1.82, 2.24) is 0 Å². The molecular weight excluding hydrogens is 358 g/mol. The largest absolute Gasteiger partial charge is 1.00 e. The second kappa shape index (κ2) is 9.64. The molecule has 0 radical (unpaired) electrons. The van der Waals surface area contributed by atoms with Gasteiger partial charge in [-0.05, 0) is 30.3 Å². The monoisotopic (exact) mass is 366 g/mol. The van der Waals surface area contributed by atoms with Crippen molar-refractivity contribution in [3.8, 4) is 5.75 Å². The molecule has 0 unspecified atom stereocenters. The van der Waals surface area contributed by atoms with Crippen LogP contribution in [-0.2, 0) is 10.1 Å². The molecule has 0 saturated heterocycles. The molecule has 0 aliphatic carbocycles. The van der Waals surface area contributed by atoms with Crippen LogP contribution in [0.4, 0.5) is 11.4 Å². The van der Waals surface area contributed by atoms with Crippen LogP contribution in [0.25, 0.3) is 0 Å². The maximum Gasteiger partial charge on any atom is 1.00 e. The molecule has 0 aliphatic heterocycles. The smallest absolute Gasteiger partial charge is 0.872 e. The summed E-state index contributed by atoms with van der Waals surface area (Å²) < 4.78 is 32.7. The molecule has 8 nitrogen and oxygen atoms in total. The Bertz CT molecular complexity index is 871. The molecule has 0 aliphatic rings. The summed E-state index contributed by atoms with van der Waals surface area (Å²) in [4.78, 5) is 10.4. The van der Waals surface area contributed by atoms with E-state index in [1.807, 2.05) is 0 Å². The molecule has 24 heavy (non-hydrogen) atoms. The molecular formula is C13H8N2Na2O6S. The quantitative estimate of drug-likeness (QED) is 0.330. The third-order valence-corrected chi connectivity index (χ3v) is 3.41. The van der Waals surface area contributed by atoms with Gasteiger partial charge in [0.1, 0.15) is 10.1 Å². The van der Waals surface area contributed by atoms with E-state index in [1.54, 1.807) is 0 Å². The van der Waals surface area contributed by atoms with Gasteiger partial charge < -0.3 is 14.8 Å². The number of carboxylic acid groups (broad SMARTS) is 1. The standard InChI is InChI=1S/C13H10N2O6S.2Na/c16-12-5-4-9(7-11(12)13(17)18)15-14-8-2-1-3-10(6-8)22(19,20)21;;/h1-7,16H,(H,17,18)(H,19,20,21);;/q;2*+1/p-2. The van der Waals surface area contributed by atoms with Crippen LogP contribution in [-0.4, -0.2) is 24.0 Å². The van der Waals surface area contributed by atoms with Gasteiger partial charge in [0.25, 0.3) is 0 Å². The molecule has 0 atom stereocenters. The second-order valence-electron chi connectivity index (χ2n) is 4.14. The maximum atomic E-state index is 11.3. The number of benzene rings is 2. The second-order valence-corrected chi connectivity index (χ2v) is 5.52. The van der Waals surface area contributed by atoms with Crippen molar-refractivity contribution < 1.29 is 87.1 Å². The molecule has 0 spiro atoms. The number of azo groups is 1. The van der Waals surface area contributed by atoms with Gasteiger partial charge in [0.05, 0.1) is 21.8 Å². The van der Waals surface area contributed by atoms with E-state index in [-0.39, 0.29) is 70.5 Å². The Kier molecular flexibility index (Phi) is 9.32. The van der Waals surface area contributed by atoms with E-state index < -0.39 is 32.3 Å². The van der Waals surface area contributed by atoms with Crippen LogP contribution in [0.5, 0.6) is 5.75 Å². The van der Waals surface area contributed by atoms with Crippen molar-refractivity contribution in [2.45, 2.75) is 4.90 Å². The van der Waals surface area contributed by atoms with Gasteiger partial charge in [-0.15, -0.1) is 0 Å². The molecule has 11 heteroatoms. The minimum Gasteiger partial charge on any atom is -0.872 e. The van der Waals surface area contributed by atoms with Crippen molar-refractivity contribution in [2.24, 2.45) is 10.2 Å². The van der Waals surface area contributed by atoms with Crippen molar-refractivity contribution >= 4 is 27.5 Å². The van der Waals surface area contributed by atoms with Crippen molar-refractivity contribution in [3.05, 3.63) is 48.0 Å². The average Bonchev–Trinajstić information content (AvgIpc) is 2.45.